The van der Waals surface area contributed by atoms with Crippen LogP contribution in [0.2, 0.25) is 23.2 Å². The smallest absolute Gasteiger partial charge is 0.329 e. The van der Waals surface area contributed by atoms with Crippen molar-refractivity contribution in [2.45, 2.75) is 58.7 Å². The van der Waals surface area contributed by atoms with Crippen molar-refractivity contribution >= 4 is 31.6 Å². The van der Waals surface area contributed by atoms with E-state index in [1.54, 1.807) is 11.0 Å². The van der Waals surface area contributed by atoms with Crippen LogP contribution >= 0.6 is 11.6 Å². The second-order valence-corrected chi connectivity index (χ2v) is 14.1. The molecule has 1 saturated heterocycles. The second-order valence-electron chi connectivity index (χ2n) is 9.04. The molecule has 1 fully saturated rings. The predicted octanol–water partition coefficient (Wildman–Crippen LogP) is 5.79. The number of carbonyl (C=O) groups is 1. The van der Waals surface area contributed by atoms with Gasteiger partial charge in [0.15, 0.2) is 0 Å². The van der Waals surface area contributed by atoms with Crippen LogP contribution in [0.1, 0.15) is 44.7 Å². The first-order chi connectivity index (χ1) is 13.0. The highest BCUT2D eigenvalue weighted by Gasteiger charge is 2.43. The number of hydrogen-bond acceptors (Lipinski definition) is 3. The van der Waals surface area contributed by atoms with E-state index in [0.717, 1.165) is 35.5 Å². The Balaban J connectivity index is 1.98. The first kappa shape index (κ1) is 20.8. The van der Waals surface area contributed by atoms with E-state index in [0.29, 0.717) is 23.7 Å². The van der Waals surface area contributed by atoms with E-state index in [2.05, 4.69) is 39.9 Å². The topological polar surface area (TPSA) is 56.6 Å². The molecule has 0 aliphatic carbocycles. The molecule has 2 aliphatic heterocycles. The van der Waals surface area contributed by atoms with Crippen LogP contribution in [0, 0.1) is 18.3 Å². The minimum absolute atomic E-state index is 0.0464. The number of hydrogen-bond donors (Lipinski definition) is 0. The summed E-state index contributed by atoms with van der Waals surface area (Å²) in [6, 6.07) is 5.53. The third-order valence-corrected chi connectivity index (χ3v) is 11.0. The van der Waals surface area contributed by atoms with Gasteiger partial charge in [-0.05, 0) is 49.2 Å². The third kappa shape index (κ3) is 3.42. The Labute approximate surface area is 173 Å². The minimum Gasteiger partial charge on any atom is -0.545 e. The maximum atomic E-state index is 13.1. The van der Waals surface area contributed by atoms with Gasteiger partial charge in [0.05, 0.1) is 28.5 Å². The Kier molecular flexibility index (Phi) is 5.28. The van der Waals surface area contributed by atoms with Gasteiger partial charge in [0.2, 0.25) is 8.32 Å². The third-order valence-electron chi connectivity index (χ3n) is 6.16. The molecule has 0 saturated carbocycles. The highest BCUT2D eigenvalue weighted by molar-refractivity contribution is 6.74. The Morgan fingerprint density at radius 1 is 1.25 bits per heavy atom. The maximum absolute atomic E-state index is 13.1. The zero-order valence-corrected chi connectivity index (χ0v) is 19.3. The first-order valence-corrected chi connectivity index (χ1v) is 13.0. The van der Waals surface area contributed by atoms with Crippen LogP contribution < -0.4 is 4.90 Å². The zero-order valence-electron chi connectivity index (χ0n) is 17.5. The van der Waals surface area contributed by atoms with Gasteiger partial charge in [-0.1, -0.05) is 32.4 Å². The van der Waals surface area contributed by atoms with Crippen molar-refractivity contribution in [2.24, 2.45) is 0 Å². The molecular formula is C21H28ClN3O2Si. The van der Waals surface area contributed by atoms with Crippen LogP contribution in [0.4, 0.5) is 10.5 Å². The summed E-state index contributed by atoms with van der Waals surface area (Å²) < 4.78 is 6.61. The van der Waals surface area contributed by atoms with Crippen LogP contribution in [0.15, 0.2) is 23.6 Å². The largest absolute Gasteiger partial charge is 0.545 e. The lowest BCUT2D eigenvalue weighted by molar-refractivity contribution is 0.218. The molecule has 2 aliphatic rings. The summed E-state index contributed by atoms with van der Waals surface area (Å²) >= 11 is 6.34. The van der Waals surface area contributed by atoms with Crippen LogP contribution in [-0.4, -0.2) is 32.3 Å². The lowest BCUT2D eigenvalue weighted by Crippen LogP contribution is -2.42. The molecule has 0 unspecified atom stereocenters. The first-order valence-electron chi connectivity index (χ1n) is 9.67. The van der Waals surface area contributed by atoms with Gasteiger partial charge in [0.25, 0.3) is 0 Å². The van der Waals surface area contributed by atoms with E-state index >= 15 is 0 Å². The lowest BCUT2D eigenvalue weighted by atomic mass is 10.1. The van der Waals surface area contributed by atoms with Gasteiger partial charge in [-0.15, -0.1) is 0 Å². The van der Waals surface area contributed by atoms with Gasteiger partial charge in [-0.25, -0.2) is 4.79 Å². The lowest BCUT2D eigenvalue weighted by Gasteiger charge is -2.39. The zero-order chi connectivity index (χ0) is 20.9. The number of anilines is 1. The SMILES string of the molecule is Cc1c(N2CC3=C(O[Si](C)(C)C(C)(C)C)CCCN3C2=O)ccc(C#N)c1Cl. The van der Waals surface area contributed by atoms with E-state index in [4.69, 9.17) is 16.0 Å². The molecule has 1 aromatic carbocycles. The van der Waals surface area contributed by atoms with Gasteiger partial charge in [0, 0.05) is 13.0 Å². The molecule has 0 aromatic heterocycles. The van der Waals surface area contributed by atoms with Crippen molar-refractivity contribution in [3.05, 3.63) is 39.7 Å². The average Bonchev–Trinajstić information content (AvgIpc) is 2.94. The molecule has 5 nitrogen and oxygen atoms in total. The monoisotopic (exact) mass is 417 g/mol. The number of nitriles is 1. The van der Waals surface area contributed by atoms with E-state index in [1.807, 2.05) is 17.9 Å². The van der Waals surface area contributed by atoms with E-state index in [1.165, 1.54) is 0 Å². The second kappa shape index (κ2) is 7.13. The van der Waals surface area contributed by atoms with E-state index < -0.39 is 8.32 Å². The minimum atomic E-state index is -1.98. The standard InChI is InChI=1S/C21H28ClN3O2Si/c1-14-16(10-9-15(12-23)19(14)22)25-13-17-18(8-7-11-24(17)20(25)26)27-28(5,6)21(2,3)4/h9-10H,7-8,11,13H2,1-6H3. The predicted molar refractivity (Wildman–Crippen MR) is 115 cm³/mol. The Hall–Kier alpha value is -1.97. The van der Waals surface area contributed by atoms with Gasteiger partial charge in [-0.2, -0.15) is 5.26 Å². The number of carbonyl (C=O) groups excluding carboxylic acids is 1. The number of allylic oxidation sites excluding steroid dienone is 1. The van der Waals surface area contributed by atoms with Crippen molar-refractivity contribution in [1.82, 2.24) is 4.90 Å². The Morgan fingerprint density at radius 3 is 2.54 bits per heavy atom. The molecule has 0 bridgehead atoms. The molecule has 0 atom stereocenters. The number of nitrogens with zero attached hydrogens (tertiary/aromatic N) is 3. The number of halogens is 1. The molecule has 7 heteroatoms. The van der Waals surface area contributed by atoms with Crippen molar-refractivity contribution in [2.75, 3.05) is 18.0 Å². The van der Waals surface area contributed by atoms with Gasteiger partial charge in [0.1, 0.15) is 11.8 Å². The number of rotatable bonds is 3. The van der Waals surface area contributed by atoms with E-state index in [9.17, 15) is 10.1 Å². The number of benzene rings is 1. The molecule has 2 heterocycles. The fraction of sp³-hybridized carbons (Fsp3) is 0.524. The molecule has 2 amide bonds. The highest BCUT2D eigenvalue weighted by Crippen LogP contribution is 2.42. The average molecular weight is 418 g/mol. The number of fused-ring (bicyclic) bond motifs is 1. The quantitative estimate of drug-likeness (QED) is 0.585. The van der Waals surface area contributed by atoms with E-state index in [-0.39, 0.29) is 11.1 Å². The molecule has 150 valence electrons. The summed E-state index contributed by atoms with van der Waals surface area (Å²) in [4.78, 5) is 16.7. The highest BCUT2D eigenvalue weighted by atomic mass is 35.5. The number of urea groups is 1. The molecule has 0 radical (unpaired) electrons. The number of amides is 2. The van der Waals surface area contributed by atoms with Crippen LogP contribution in [-0.2, 0) is 4.43 Å². The summed E-state index contributed by atoms with van der Waals surface area (Å²) in [6.07, 6.45) is 1.77. The molecule has 0 N–H and O–H groups in total. The summed E-state index contributed by atoms with van der Waals surface area (Å²) in [6.45, 7) is 14.2. The normalized spacial score (nSPS) is 17.7. The summed E-state index contributed by atoms with van der Waals surface area (Å²) in [5.74, 6) is 0.964. The van der Waals surface area contributed by atoms with Gasteiger partial charge >= 0.3 is 6.03 Å². The maximum Gasteiger partial charge on any atom is 0.329 e. The Morgan fingerprint density at radius 2 is 1.93 bits per heavy atom. The molecule has 3 rings (SSSR count). The Bertz CT molecular complexity index is 896. The van der Waals surface area contributed by atoms with Crippen molar-refractivity contribution in [3.63, 3.8) is 0 Å². The van der Waals surface area contributed by atoms with Crippen molar-refractivity contribution < 1.29 is 9.22 Å². The van der Waals surface area contributed by atoms with Crippen LogP contribution in [0.25, 0.3) is 0 Å². The van der Waals surface area contributed by atoms with Gasteiger partial charge < -0.3 is 4.43 Å². The summed E-state index contributed by atoms with van der Waals surface area (Å²) in [7, 11) is -1.98. The molecule has 1 aromatic rings. The molecular weight excluding hydrogens is 390 g/mol. The van der Waals surface area contributed by atoms with Crippen LogP contribution in [0.5, 0.6) is 0 Å². The molecule has 28 heavy (non-hydrogen) atoms. The van der Waals surface area contributed by atoms with Crippen molar-refractivity contribution in [1.29, 1.82) is 5.26 Å². The summed E-state index contributed by atoms with van der Waals surface area (Å²) in [5, 5.41) is 9.69. The van der Waals surface area contributed by atoms with Crippen molar-refractivity contribution in [3.8, 4) is 6.07 Å². The molecule has 0 spiro atoms. The fourth-order valence-electron chi connectivity index (χ4n) is 3.39. The fourth-order valence-corrected chi connectivity index (χ4v) is 4.73. The van der Waals surface area contributed by atoms with Crippen LogP contribution in [0.3, 0.4) is 0 Å². The summed E-state index contributed by atoms with van der Waals surface area (Å²) in [5.41, 5.74) is 2.90. The van der Waals surface area contributed by atoms with Gasteiger partial charge in [-0.3, -0.25) is 9.80 Å².